The van der Waals surface area contributed by atoms with Crippen LogP contribution in [0.5, 0.6) is 5.75 Å². The Balaban J connectivity index is 1.72. The molecule has 4 rings (SSSR count). The summed E-state index contributed by atoms with van der Waals surface area (Å²) in [6, 6.07) is 9.86. The third-order valence-corrected chi connectivity index (χ3v) is 4.57. The van der Waals surface area contributed by atoms with Crippen LogP contribution in [0, 0.1) is 0 Å². The van der Waals surface area contributed by atoms with Crippen LogP contribution in [0.3, 0.4) is 0 Å². The maximum atomic E-state index is 12.2. The molecule has 1 saturated heterocycles. The summed E-state index contributed by atoms with van der Waals surface area (Å²) in [7, 11) is 1.45. The van der Waals surface area contributed by atoms with Gasteiger partial charge in [0.15, 0.2) is 5.76 Å². The number of aromatic nitrogens is 2. The van der Waals surface area contributed by atoms with Gasteiger partial charge < -0.3 is 29.8 Å². The number of hydrogen-bond donors (Lipinski definition) is 3. The van der Waals surface area contributed by atoms with Gasteiger partial charge in [-0.25, -0.2) is 0 Å². The number of nitrogens with one attached hydrogen (secondary N) is 2. The lowest BCUT2D eigenvalue weighted by Gasteiger charge is -2.20. The topological polar surface area (TPSA) is 97.6 Å². The molecule has 146 valence electrons. The van der Waals surface area contributed by atoms with Crippen LogP contribution in [0.15, 0.2) is 64.6 Å². The SMILES string of the molecule is COc1cn(Cc2ccccc2)c(NC2=C3OC(C)(O)NC3=CCC2)nc1=O. The normalized spacial score (nSPS) is 20.8. The smallest absolute Gasteiger partial charge is 0.316 e. The maximum Gasteiger partial charge on any atom is 0.316 e. The standard InChI is InChI=1S/C20H22N4O4/c1-20(26)23-15-10-6-9-14(17(15)28-20)21-19-22-18(25)16(27-2)12-24(19)11-13-7-4-3-5-8-13/h3-5,7-8,10,12,23,26H,6,9,11H2,1-2H3,(H,21,22,25). The van der Waals surface area contributed by atoms with Crippen molar-refractivity contribution in [2.24, 2.45) is 0 Å². The van der Waals surface area contributed by atoms with Crippen LogP contribution in [0.1, 0.15) is 25.3 Å². The minimum Gasteiger partial charge on any atom is -0.490 e. The fraction of sp³-hybridized carbons (Fsp3) is 0.300. The molecule has 2 heterocycles. The molecule has 0 radical (unpaired) electrons. The molecule has 1 aliphatic heterocycles. The van der Waals surface area contributed by atoms with E-state index in [1.165, 1.54) is 14.0 Å². The Bertz CT molecular complexity index is 1010. The average molecular weight is 382 g/mol. The van der Waals surface area contributed by atoms with Gasteiger partial charge in [-0.15, -0.1) is 0 Å². The lowest BCUT2D eigenvalue weighted by Crippen LogP contribution is -2.36. The Labute approximate surface area is 162 Å². The molecule has 8 nitrogen and oxygen atoms in total. The van der Waals surface area contributed by atoms with Crippen molar-refractivity contribution in [3.05, 3.63) is 75.7 Å². The van der Waals surface area contributed by atoms with E-state index in [2.05, 4.69) is 15.6 Å². The number of aliphatic hydroxyl groups is 1. The molecule has 0 saturated carbocycles. The lowest BCUT2D eigenvalue weighted by atomic mass is 10.1. The van der Waals surface area contributed by atoms with E-state index in [1.54, 1.807) is 6.20 Å². The van der Waals surface area contributed by atoms with Crippen LogP contribution in [0.4, 0.5) is 5.95 Å². The van der Waals surface area contributed by atoms with Crippen molar-refractivity contribution in [2.75, 3.05) is 12.4 Å². The molecule has 1 aromatic carbocycles. The number of allylic oxidation sites excluding steroid dienone is 2. The number of benzene rings is 1. The third-order valence-electron chi connectivity index (χ3n) is 4.57. The van der Waals surface area contributed by atoms with Gasteiger partial charge in [0, 0.05) is 6.92 Å². The fourth-order valence-corrected chi connectivity index (χ4v) is 3.30. The number of rotatable bonds is 5. The quantitative estimate of drug-likeness (QED) is 0.726. The van der Waals surface area contributed by atoms with E-state index in [-0.39, 0.29) is 5.75 Å². The van der Waals surface area contributed by atoms with Gasteiger partial charge in [0.05, 0.1) is 31.2 Å². The molecule has 28 heavy (non-hydrogen) atoms. The summed E-state index contributed by atoms with van der Waals surface area (Å²) in [6.45, 7) is 2.04. The summed E-state index contributed by atoms with van der Waals surface area (Å²) in [5.41, 5.74) is 2.08. The van der Waals surface area contributed by atoms with Crippen LogP contribution in [0.25, 0.3) is 0 Å². The number of anilines is 1. The first-order chi connectivity index (χ1) is 13.4. The summed E-state index contributed by atoms with van der Waals surface area (Å²) in [6.07, 6.45) is 5.05. The fourth-order valence-electron chi connectivity index (χ4n) is 3.30. The van der Waals surface area contributed by atoms with Gasteiger partial charge in [0.1, 0.15) is 0 Å². The highest BCUT2D eigenvalue weighted by atomic mass is 16.7. The van der Waals surface area contributed by atoms with Crippen molar-refractivity contribution in [2.45, 2.75) is 32.2 Å². The molecule has 8 heteroatoms. The zero-order valence-electron chi connectivity index (χ0n) is 15.7. The second-order valence-corrected chi connectivity index (χ2v) is 6.85. The molecule has 0 amide bonds. The van der Waals surface area contributed by atoms with Gasteiger partial charge in [-0.1, -0.05) is 36.4 Å². The van der Waals surface area contributed by atoms with Crippen molar-refractivity contribution in [3.63, 3.8) is 0 Å². The monoisotopic (exact) mass is 382 g/mol. The molecule has 1 aromatic heterocycles. The van der Waals surface area contributed by atoms with Crippen LogP contribution in [0.2, 0.25) is 0 Å². The van der Waals surface area contributed by atoms with Crippen LogP contribution in [-0.4, -0.2) is 27.7 Å². The molecule has 3 N–H and O–H groups in total. The Morgan fingerprint density at radius 3 is 2.93 bits per heavy atom. The first-order valence-corrected chi connectivity index (χ1v) is 9.05. The number of nitrogens with zero attached hydrogens (tertiary/aromatic N) is 2. The minimum atomic E-state index is -1.46. The predicted octanol–water partition coefficient (Wildman–Crippen LogP) is 1.89. The van der Waals surface area contributed by atoms with Crippen LogP contribution >= 0.6 is 0 Å². The summed E-state index contributed by atoms with van der Waals surface area (Å²) in [5.74, 6) is -0.374. The minimum absolute atomic E-state index is 0.171. The number of methoxy groups -OCH3 is 1. The van der Waals surface area contributed by atoms with Crippen molar-refractivity contribution in [1.29, 1.82) is 0 Å². The van der Waals surface area contributed by atoms with Crippen molar-refractivity contribution < 1.29 is 14.6 Å². The van der Waals surface area contributed by atoms with E-state index in [9.17, 15) is 9.90 Å². The second-order valence-electron chi connectivity index (χ2n) is 6.85. The van der Waals surface area contributed by atoms with Gasteiger partial charge in [0.25, 0.3) is 5.91 Å². The number of ether oxygens (including phenoxy) is 2. The van der Waals surface area contributed by atoms with Crippen molar-refractivity contribution in [3.8, 4) is 5.75 Å². The zero-order valence-corrected chi connectivity index (χ0v) is 15.7. The predicted molar refractivity (Wildman–Crippen MR) is 103 cm³/mol. The van der Waals surface area contributed by atoms with E-state index in [0.717, 1.165) is 23.4 Å². The zero-order chi connectivity index (χ0) is 19.7. The molecule has 0 spiro atoms. The highest BCUT2D eigenvalue weighted by Gasteiger charge is 2.37. The number of hydrogen-bond acceptors (Lipinski definition) is 7. The molecule has 2 aliphatic rings. The highest BCUT2D eigenvalue weighted by Crippen LogP contribution is 2.34. The average Bonchev–Trinajstić information content (AvgIpc) is 2.99. The molecule has 1 aliphatic carbocycles. The largest absolute Gasteiger partial charge is 0.490 e. The number of fused-ring (bicyclic) bond motifs is 1. The highest BCUT2D eigenvalue weighted by molar-refractivity contribution is 5.46. The van der Waals surface area contributed by atoms with E-state index >= 15 is 0 Å². The van der Waals surface area contributed by atoms with Crippen molar-refractivity contribution in [1.82, 2.24) is 14.9 Å². The second kappa shape index (κ2) is 7.05. The maximum absolute atomic E-state index is 12.2. The first-order valence-electron chi connectivity index (χ1n) is 9.05. The summed E-state index contributed by atoms with van der Waals surface area (Å²) in [5, 5.41) is 16.3. The van der Waals surface area contributed by atoms with Gasteiger partial charge in [-0.05, 0) is 18.4 Å². The summed E-state index contributed by atoms with van der Waals surface area (Å²) >= 11 is 0. The Hall–Kier alpha value is -3.26. The molecule has 1 fully saturated rings. The Kier molecular flexibility index (Phi) is 4.56. The molecule has 0 bridgehead atoms. The van der Waals surface area contributed by atoms with E-state index in [0.29, 0.717) is 24.7 Å². The molecule has 2 aromatic rings. The van der Waals surface area contributed by atoms with Gasteiger partial charge in [0.2, 0.25) is 11.7 Å². The van der Waals surface area contributed by atoms with E-state index in [4.69, 9.17) is 9.47 Å². The molecular formula is C20H22N4O4. The van der Waals surface area contributed by atoms with Gasteiger partial charge >= 0.3 is 5.56 Å². The third kappa shape index (κ3) is 3.59. The van der Waals surface area contributed by atoms with Crippen LogP contribution < -0.4 is 20.9 Å². The van der Waals surface area contributed by atoms with Gasteiger partial charge in [-0.3, -0.25) is 4.79 Å². The summed E-state index contributed by atoms with van der Waals surface area (Å²) in [4.78, 5) is 16.4. The molecular weight excluding hydrogens is 360 g/mol. The lowest BCUT2D eigenvalue weighted by molar-refractivity contribution is -0.152. The molecule has 1 unspecified atom stereocenters. The van der Waals surface area contributed by atoms with Gasteiger partial charge in [-0.2, -0.15) is 4.98 Å². The Morgan fingerprint density at radius 1 is 1.39 bits per heavy atom. The van der Waals surface area contributed by atoms with E-state index < -0.39 is 11.5 Å². The van der Waals surface area contributed by atoms with Crippen molar-refractivity contribution >= 4 is 5.95 Å². The first kappa shape index (κ1) is 18.1. The molecule has 1 atom stereocenters. The summed E-state index contributed by atoms with van der Waals surface area (Å²) < 4.78 is 12.6. The van der Waals surface area contributed by atoms with E-state index in [1.807, 2.05) is 41.0 Å². The van der Waals surface area contributed by atoms with Crippen LogP contribution in [-0.2, 0) is 11.3 Å². The Morgan fingerprint density at radius 2 is 2.18 bits per heavy atom.